The average molecular weight is 395 g/mol. The van der Waals surface area contributed by atoms with Gasteiger partial charge in [0.25, 0.3) is 0 Å². The average Bonchev–Trinajstić information content (AvgIpc) is 2.39. The van der Waals surface area contributed by atoms with Gasteiger partial charge in [-0.25, -0.2) is 0 Å². The van der Waals surface area contributed by atoms with Crippen LogP contribution in [0.25, 0.3) is 0 Å². The fourth-order valence-electron chi connectivity index (χ4n) is 1.95. The van der Waals surface area contributed by atoms with Crippen LogP contribution in [0.5, 0.6) is 11.5 Å². The Balaban J connectivity index is 2.10. The van der Waals surface area contributed by atoms with Crippen molar-refractivity contribution in [3.8, 4) is 11.5 Å². The molecule has 0 fully saturated rings. The first-order valence-electron chi connectivity index (χ1n) is 7.12. The smallest absolute Gasteiger partial charge is 0.140 e. The predicted octanol–water partition coefficient (Wildman–Crippen LogP) is 5.28. The molecule has 112 valence electrons. The summed E-state index contributed by atoms with van der Waals surface area (Å²) in [5, 5.41) is 3.52. The van der Waals surface area contributed by atoms with Crippen LogP contribution in [-0.4, -0.2) is 5.54 Å². The van der Waals surface area contributed by atoms with Gasteiger partial charge in [-0.15, -0.1) is 0 Å². The van der Waals surface area contributed by atoms with Crippen molar-refractivity contribution in [1.29, 1.82) is 0 Å². The highest BCUT2D eigenvalue weighted by Gasteiger charge is 2.10. The number of hydrogen-bond donors (Lipinski definition) is 1. The number of benzene rings is 2. The molecule has 0 saturated heterocycles. The van der Waals surface area contributed by atoms with Gasteiger partial charge >= 0.3 is 0 Å². The molecule has 2 aromatic rings. The van der Waals surface area contributed by atoms with Gasteiger partial charge in [0.2, 0.25) is 0 Å². The number of halogens is 1. The second kappa shape index (κ2) is 6.79. The van der Waals surface area contributed by atoms with Crippen molar-refractivity contribution in [2.75, 3.05) is 0 Å². The maximum Gasteiger partial charge on any atom is 0.140 e. The van der Waals surface area contributed by atoms with Crippen molar-refractivity contribution in [1.82, 2.24) is 5.32 Å². The van der Waals surface area contributed by atoms with Gasteiger partial charge in [0, 0.05) is 12.1 Å². The molecule has 0 bridgehead atoms. The first-order chi connectivity index (χ1) is 9.85. The Morgan fingerprint density at radius 3 is 2.43 bits per heavy atom. The van der Waals surface area contributed by atoms with E-state index in [9.17, 15) is 0 Å². The zero-order chi connectivity index (χ0) is 15.5. The van der Waals surface area contributed by atoms with Crippen LogP contribution in [0.2, 0.25) is 0 Å². The van der Waals surface area contributed by atoms with Crippen molar-refractivity contribution >= 4 is 22.6 Å². The highest BCUT2D eigenvalue weighted by atomic mass is 127. The lowest BCUT2D eigenvalue weighted by Crippen LogP contribution is -2.35. The van der Waals surface area contributed by atoms with Crippen LogP contribution in [0.15, 0.2) is 42.5 Å². The molecular weight excluding hydrogens is 373 g/mol. The molecule has 0 aliphatic rings. The van der Waals surface area contributed by atoms with E-state index in [2.05, 4.69) is 67.7 Å². The lowest BCUT2D eigenvalue weighted by Gasteiger charge is -2.21. The molecule has 0 unspecified atom stereocenters. The minimum atomic E-state index is 0.127. The van der Waals surface area contributed by atoms with Crippen molar-refractivity contribution in [2.45, 2.75) is 39.8 Å². The summed E-state index contributed by atoms with van der Waals surface area (Å²) >= 11 is 2.29. The lowest BCUT2D eigenvalue weighted by molar-refractivity contribution is 0.423. The monoisotopic (exact) mass is 395 g/mol. The highest BCUT2D eigenvalue weighted by molar-refractivity contribution is 14.1. The maximum atomic E-state index is 5.96. The SMILES string of the molecule is Cc1cc(Oc2ccccc2I)ccc1CNC(C)(C)C. The summed E-state index contributed by atoms with van der Waals surface area (Å²) in [7, 11) is 0. The number of hydrogen-bond acceptors (Lipinski definition) is 2. The first-order valence-corrected chi connectivity index (χ1v) is 8.20. The van der Waals surface area contributed by atoms with E-state index in [1.165, 1.54) is 11.1 Å². The fourth-order valence-corrected chi connectivity index (χ4v) is 2.44. The van der Waals surface area contributed by atoms with E-state index in [4.69, 9.17) is 4.74 Å². The largest absolute Gasteiger partial charge is 0.456 e. The van der Waals surface area contributed by atoms with Crippen LogP contribution in [0.3, 0.4) is 0 Å². The molecule has 2 rings (SSSR count). The van der Waals surface area contributed by atoms with E-state index in [0.717, 1.165) is 21.6 Å². The van der Waals surface area contributed by atoms with E-state index >= 15 is 0 Å². The summed E-state index contributed by atoms with van der Waals surface area (Å²) in [6.45, 7) is 9.53. The summed E-state index contributed by atoms with van der Waals surface area (Å²) in [5.41, 5.74) is 2.68. The van der Waals surface area contributed by atoms with Crippen molar-refractivity contribution in [3.63, 3.8) is 0 Å². The number of aryl methyl sites for hydroxylation is 1. The van der Waals surface area contributed by atoms with Crippen LogP contribution in [-0.2, 0) is 6.54 Å². The zero-order valence-electron chi connectivity index (χ0n) is 13.0. The zero-order valence-corrected chi connectivity index (χ0v) is 15.2. The molecule has 0 amide bonds. The van der Waals surface area contributed by atoms with E-state index in [1.807, 2.05) is 30.3 Å². The summed E-state index contributed by atoms with van der Waals surface area (Å²) in [6.07, 6.45) is 0. The molecule has 0 saturated carbocycles. The third-order valence-electron chi connectivity index (χ3n) is 3.19. The third-order valence-corrected chi connectivity index (χ3v) is 4.08. The Morgan fingerprint density at radius 1 is 1.10 bits per heavy atom. The molecule has 2 nitrogen and oxygen atoms in total. The second-order valence-electron chi connectivity index (χ2n) is 6.22. The highest BCUT2D eigenvalue weighted by Crippen LogP contribution is 2.27. The molecular formula is C18H22INO. The minimum Gasteiger partial charge on any atom is -0.456 e. The normalized spacial score (nSPS) is 11.5. The van der Waals surface area contributed by atoms with E-state index < -0.39 is 0 Å². The van der Waals surface area contributed by atoms with Gasteiger partial charge in [-0.05, 0) is 85.7 Å². The molecule has 2 aromatic carbocycles. The van der Waals surface area contributed by atoms with Gasteiger partial charge in [-0.1, -0.05) is 18.2 Å². The Hall–Kier alpha value is -1.07. The molecule has 0 aromatic heterocycles. The van der Waals surface area contributed by atoms with Crippen molar-refractivity contribution in [3.05, 3.63) is 57.2 Å². The van der Waals surface area contributed by atoms with E-state index in [1.54, 1.807) is 0 Å². The third kappa shape index (κ3) is 5.00. The van der Waals surface area contributed by atoms with Gasteiger partial charge in [-0.3, -0.25) is 0 Å². The molecule has 0 radical (unpaired) electrons. The Kier molecular flexibility index (Phi) is 5.27. The van der Waals surface area contributed by atoms with Crippen LogP contribution < -0.4 is 10.1 Å². The molecule has 0 aliphatic carbocycles. The van der Waals surface area contributed by atoms with Crippen LogP contribution in [0.4, 0.5) is 0 Å². The Bertz CT molecular complexity index is 617. The number of ether oxygens (including phenoxy) is 1. The van der Waals surface area contributed by atoms with Crippen molar-refractivity contribution in [2.24, 2.45) is 0 Å². The quantitative estimate of drug-likeness (QED) is 0.712. The van der Waals surface area contributed by atoms with Crippen LogP contribution in [0.1, 0.15) is 31.9 Å². The molecule has 0 heterocycles. The number of rotatable bonds is 4. The minimum absolute atomic E-state index is 0.127. The summed E-state index contributed by atoms with van der Waals surface area (Å²) in [6, 6.07) is 14.3. The summed E-state index contributed by atoms with van der Waals surface area (Å²) < 4.78 is 7.08. The molecule has 3 heteroatoms. The maximum absolute atomic E-state index is 5.96. The Morgan fingerprint density at radius 2 is 1.81 bits per heavy atom. The molecule has 1 N–H and O–H groups in total. The number of para-hydroxylation sites is 1. The fraction of sp³-hybridized carbons (Fsp3) is 0.333. The lowest BCUT2D eigenvalue weighted by atomic mass is 10.1. The summed E-state index contributed by atoms with van der Waals surface area (Å²) in [5.74, 6) is 1.79. The van der Waals surface area contributed by atoms with Crippen molar-refractivity contribution < 1.29 is 4.74 Å². The Labute approximate surface area is 141 Å². The second-order valence-corrected chi connectivity index (χ2v) is 7.39. The van der Waals surface area contributed by atoms with Gasteiger partial charge in [0.15, 0.2) is 0 Å². The molecule has 0 aliphatic heterocycles. The van der Waals surface area contributed by atoms with Gasteiger partial charge in [-0.2, -0.15) is 0 Å². The first kappa shape index (κ1) is 16.3. The number of nitrogens with one attached hydrogen (secondary N) is 1. The topological polar surface area (TPSA) is 21.3 Å². The van der Waals surface area contributed by atoms with E-state index in [0.29, 0.717) is 0 Å². The molecule has 0 spiro atoms. The van der Waals surface area contributed by atoms with Crippen LogP contribution >= 0.6 is 22.6 Å². The van der Waals surface area contributed by atoms with Crippen LogP contribution in [0, 0.1) is 10.5 Å². The standard InChI is InChI=1S/C18H22INO/c1-13-11-15(21-17-8-6-5-7-16(17)19)10-9-14(13)12-20-18(2,3)4/h5-11,20H,12H2,1-4H3. The van der Waals surface area contributed by atoms with E-state index in [-0.39, 0.29) is 5.54 Å². The summed E-state index contributed by atoms with van der Waals surface area (Å²) in [4.78, 5) is 0. The van der Waals surface area contributed by atoms with Gasteiger partial charge in [0.1, 0.15) is 11.5 Å². The van der Waals surface area contributed by atoms with Gasteiger partial charge < -0.3 is 10.1 Å². The van der Waals surface area contributed by atoms with Gasteiger partial charge in [0.05, 0.1) is 3.57 Å². The predicted molar refractivity (Wildman–Crippen MR) is 97.0 cm³/mol. The molecule has 21 heavy (non-hydrogen) atoms. The molecule has 0 atom stereocenters.